The first-order valence-electron chi connectivity index (χ1n) is 6.87. The van der Waals surface area contributed by atoms with E-state index in [1.54, 1.807) is 17.3 Å². The molecule has 1 aromatic heterocycles. The highest BCUT2D eigenvalue weighted by molar-refractivity contribution is 5.96. The average Bonchev–Trinajstić information content (AvgIpc) is 2.40. The zero-order chi connectivity index (χ0) is 15.5. The minimum Gasteiger partial charge on any atom is -0.443 e. The molecule has 0 aliphatic heterocycles. The molecule has 0 aliphatic carbocycles. The van der Waals surface area contributed by atoms with Gasteiger partial charge in [-0.1, -0.05) is 18.2 Å². The van der Waals surface area contributed by atoms with E-state index in [1.807, 2.05) is 64.1 Å². The zero-order valence-electron chi connectivity index (χ0n) is 12.8. The van der Waals surface area contributed by atoms with Gasteiger partial charge in [0.25, 0.3) is 0 Å². The number of anilines is 2. The second-order valence-corrected chi connectivity index (χ2v) is 5.81. The lowest BCUT2D eigenvalue weighted by Crippen LogP contribution is -2.34. The highest BCUT2D eigenvalue weighted by Gasteiger charge is 2.25. The van der Waals surface area contributed by atoms with Gasteiger partial charge >= 0.3 is 6.09 Å². The van der Waals surface area contributed by atoms with Gasteiger partial charge in [-0.3, -0.25) is 4.98 Å². The lowest BCUT2D eigenvalue weighted by Gasteiger charge is -2.28. The molecule has 1 heterocycles. The molecule has 0 unspecified atom stereocenters. The summed E-state index contributed by atoms with van der Waals surface area (Å²) in [7, 11) is 0. The van der Waals surface area contributed by atoms with E-state index in [1.165, 1.54) is 0 Å². The van der Waals surface area contributed by atoms with Gasteiger partial charge in [0.2, 0.25) is 0 Å². The van der Waals surface area contributed by atoms with Crippen LogP contribution >= 0.6 is 0 Å². The van der Waals surface area contributed by atoms with Crippen LogP contribution in [-0.4, -0.2) is 16.7 Å². The van der Waals surface area contributed by atoms with Gasteiger partial charge in [-0.2, -0.15) is 0 Å². The van der Waals surface area contributed by atoms with Gasteiger partial charge in [0.15, 0.2) is 0 Å². The second kappa shape index (κ2) is 5.95. The number of aromatic nitrogens is 1. The second-order valence-electron chi connectivity index (χ2n) is 5.81. The number of carbonyl (C=O) groups excluding carboxylic acids is 1. The van der Waals surface area contributed by atoms with Crippen LogP contribution in [0, 0.1) is 6.92 Å². The monoisotopic (exact) mass is 284 g/mol. The van der Waals surface area contributed by atoms with Gasteiger partial charge in [-0.05, 0) is 51.5 Å². The van der Waals surface area contributed by atoms with Gasteiger partial charge < -0.3 is 4.74 Å². The SMILES string of the molecule is Cc1ccncc1N(C(=O)OC(C)(C)C)c1ccccc1. The Kier molecular flexibility index (Phi) is 4.26. The van der Waals surface area contributed by atoms with Crippen molar-refractivity contribution in [2.45, 2.75) is 33.3 Å². The number of rotatable bonds is 2. The van der Waals surface area contributed by atoms with Crippen LogP contribution in [0.15, 0.2) is 48.8 Å². The largest absolute Gasteiger partial charge is 0.443 e. The number of carbonyl (C=O) groups is 1. The Morgan fingerprint density at radius 2 is 1.81 bits per heavy atom. The molecule has 0 atom stereocenters. The Morgan fingerprint density at radius 1 is 1.14 bits per heavy atom. The van der Waals surface area contributed by atoms with Crippen molar-refractivity contribution < 1.29 is 9.53 Å². The fourth-order valence-electron chi connectivity index (χ4n) is 1.92. The van der Waals surface area contributed by atoms with Crippen molar-refractivity contribution in [1.29, 1.82) is 0 Å². The highest BCUT2D eigenvalue weighted by Crippen LogP contribution is 2.29. The molecule has 2 rings (SSSR count). The molecular weight excluding hydrogens is 264 g/mol. The summed E-state index contributed by atoms with van der Waals surface area (Å²) in [6.07, 6.45) is 2.97. The van der Waals surface area contributed by atoms with Crippen molar-refractivity contribution in [3.8, 4) is 0 Å². The fraction of sp³-hybridized carbons (Fsp3) is 0.294. The van der Waals surface area contributed by atoms with Crippen LogP contribution in [0.2, 0.25) is 0 Å². The third kappa shape index (κ3) is 3.81. The lowest BCUT2D eigenvalue weighted by molar-refractivity contribution is 0.0599. The van der Waals surface area contributed by atoms with E-state index in [-0.39, 0.29) is 0 Å². The predicted octanol–water partition coefficient (Wildman–Crippen LogP) is 4.46. The summed E-state index contributed by atoms with van der Waals surface area (Å²) in [4.78, 5) is 18.3. The average molecular weight is 284 g/mol. The number of pyridine rings is 1. The smallest absolute Gasteiger partial charge is 0.419 e. The molecule has 110 valence electrons. The zero-order valence-corrected chi connectivity index (χ0v) is 12.8. The molecule has 0 bridgehead atoms. The van der Waals surface area contributed by atoms with Crippen LogP contribution < -0.4 is 4.90 Å². The van der Waals surface area contributed by atoms with Crippen molar-refractivity contribution in [1.82, 2.24) is 4.98 Å². The molecule has 4 nitrogen and oxygen atoms in total. The molecule has 1 aromatic carbocycles. The van der Waals surface area contributed by atoms with Gasteiger partial charge in [0, 0.05) is 6.20 Å². The first-order valence-corrected chi connectivity index (χ1v) is 6.87. The summed E-state index contributed by atoms with van der Waals surface area (Å²) >= 11 is 0. The number of hydrogen-bond acceptors (Lipinski definition) is 3. The van der Waals surface area contributed by atoms with Crippen LogP contribution in [-0.2, 0) is 4.74 Å². The first kappa shape index (κ1) is 15.0. The summed E-state index contributed by atoms with van der Waals surface area (Å²) < 4.78 is 5.52. The summed E-state index contributed by atoms with van der Waals surface area (Å²) in [5.74, 6) is 0. The predicted molar refractivity (Wildman–Crippen MR) is 83.8 cm³/mol. The van der Waals surface area contributed by atoms with Gasteiger partial charge in [-0.15, -0.1) is 0 Å². The van der Waals surface area contributed by atoms with E-state index < -0.39 is 11.7 Å². The van der Waals surface area contributed by atoms with Crippen LogP contribution in [0.1, 0.15) is 26.3 Å². The van der Waals surface area contributed by atoms with E-state index in [0.29, 0.717) is 0 Å². The molecule has 21 heavy (non-hydrogen) atoms. The summed E-state index contributed by atoms with van der Waals surface area (Å²) in [5, 5.41) is 0. The molecule has 1 amide bonds. The number of amides is 1. The molecule has 0 fully saturated rings. The minimum atomic E-state index is -0.555. The van der Waals surface area contributed by atoms with Crippen molar-refractivity contribution in [3.63, 3.8) is 0 Å². The molecule has 0 spiro atoms. The third-order valence-electron chi connectivity index (χ3n) is 2.84. The Labute approximate surface area is 125 Å². The molecule has 0 radical (unpaired) electrons. The normalized spacial score (nSPS) is 11.0. The van der Waals surface area contributed by atoms with Gasteiger partial charge in [-0.25, -0.2) is 9.69 Å². The van der Waals surface area contributed by atoms with Crippen LogP contribution in [0.5, 0.6) is 0 Å². The van der Waals surface area contributed by atoms with Crippen molar-refractivity contribution in [3.05, 3.63) is 54.4 Å². The first-order chi connectivity index (χ1) is 9.88. The number of nitrogens with zero attached hydrogens (tertiary/aromatic N) is 2. The van der Waals surface area contributed by atoms with Crippen LogP contribution in [0.25, 0.3) is 0 Å². The Morgan fingerprint density at radius 3 is 2.38 bits per heavy atom. The number of ether oxygens (including phenoxy) is 1. The topological polar surface area (TPSA) is 42.4 Å². The van der Waals surface area contributed by atoms with Crippen molar-refractivity contribution in [2.75, 3.05) is 4.90 Å². The summed E-state index contributed by atoms with van der Waals surface area (Å²) in [6.45, 7) is 7.50. The van der Waals surface area contributed by atoms with Crippen LogP contribution in [0.3, 0.4) is 0 Å². The van der Waals surface area contributed by atoms with E-state index in [0.717, 1.165) is 16.9 Å². The molecule has 0 saturated carbocycles. The van der Waals surface area contributed by atoms with Gasteiger partial charge in [0.1, 0.15) is 5.60 Å². The number of benzene rings is 1. The van der Waals surface area contributed by atoms with E-state index >= 15 is 0 Å². The molecule has 0 saturated heterocycles. The standard InChI is InChI=1S/C17H20N2O2/c1-13-10-11-18-12-15(13)19(14-8-6-5-7-9-14)16(20)21-17(2,3)4/h5-12H,1-4H3. The molecule has 0 N–H and O–H groups in total. The number of para-hydroxylation sites is 1. The van der Waals surface area contributed by atoms with Gasteiger partial charge in [0.05, 0.1) is 17.6 Å². The molecule has 2 aromatic rings. The van der Waals surface area contributed by atoms with E-state index in [9.17, 15) is 4.79 Å². The van der Waals surface area contributed by atoms with E-state index in [2.05, 4.69) is 4.98 Å². The maximum atomic E-state index is 12.6. The maximum absolute atomic E-state index is 12.6. The molecular formula is C17H20N2O2. The Hall–Kier alpha value is -2.36. The van der Waals surface area contributed by atoms with Crippen molar-refractivity contribution >= 4 is 17.5 Å². The lowest BCUT2D eigenvalue weighted by atomic mass is 10.2. The molecule has 4 heteroatoms. The number of hydrogen-bond donors (Lipinski definition) is 0. The third-order valence-corrected chi connectivity index (χ3v) is 2.84. The number of aryl methyl sites for hydroxylation is 1. The molecule has 0 aliphatic rings. The van der Waals surface area contributed by atoms with Crippen molar-refractivity contribution in [2.24, 2.45) is 0 Å². The summed E-state index contributed by atoms with van der Waals surface area (Å²) in [6, 6.07) is 11.3. The Balaban J connectivity index is 2.46. The Bertz CT molecular complexity index is 618. The van der Waals surface area contributed by atoms with E-state index in [4.69, 9.17) is 4.74 Å². The quantitative estimate of drug-likeness (QED) is 0.817. The fourth-order valence-corrected chi connectivity index (χ4v) is 1.92. The maximum Gasteiger partial charge on any atom is 0.419 e. The van der Waals surface area contributed by atoms with Crippen LogP contribution in [0.4, 0.5) is 16.2 Å². The minimum absolute atomic E-state index is 0.412. The summed E-state index contributed by atoms with van der Waals surface area (Å²) in [5.41, 5.74) is 1.88. The highest BCUT2D eigenvalue weighted by atomic mass is 16.6.